The minimum absolute atomic E-state index is 0.291. The van der Waals surface area contributed by atoms with Crippen LogP contribution in [0.25, 0.3) is 0 Å². The molecule has 1 nitrogen and oxygen atoms in total. The summed E-state index contributed by atoms with van der Waals surface area (Å²) in [6.07, 6.45) is 9.37. The first kappa shape index (κ1) is 12.5. The standard InChI is InChI=1S/C16H22ClN/c17-15-7-3-2-6-14(15)16(10-4-1-5-11-16)12-18-13-8-9-13/h2-3,6-7,13,18H,1,4-5,8-12H2. The van der Waals surface area contributed by atoms with Crippen molar-refractivity contribution in [3.63, 3.8) is 0 Å². The van der Waals surface area contributed by atoms with E-state index in [0.29, 0.717) is 5.41 Å². The van der Waals surface area contributed by atoms with E-state index in [2.05, 4.69) is 17.4 Å². The van der Waals surface area contributed by atoms with Crippen molar-refractivity contribution >= 4 is 11.6 Å². The first-order chi connectivity index (χ1) is 8.80. The highest BCUT2D eigenvalue weighted by Crippen LogP contribution is 2.42. The van der Waals surface area contributed by atoms with Gasteiger partial charge in [-0.1, -0.05) is 49.1 Å². The van der Waals surface area contributed by atoms with Crippen LogP contribution in [0.3, 0.4) is 0 Å². The van der Waals surface area contributed by atoms with E-state index >= 15 is 0 Å². The van der Waals surface area contributed by atoms with Gasteiger partial charge in [0, 0.05) is 23.0 Å². The molecule has 0 spiro atoms. The topological polar surface area (TPSA) is 12.0 Å². The number of halogens is 1. The van der Waals surface area contributed by atoms with Gasteiger partial charge < -0.3 is 5.32 Å². The van der Waals surface area contributed by atoms with Crippen LogP contribution in [0.15, 0.2) is 24.3 Å². The van der Waals surface area contributed by atoms with Gasteiger partial charge in [0.05, 0.1) is 0 Å². The summed E-state index contributed by atoms with van der Waals surface area (Å²) in [4.78, 5) is 0. The van der Waals surface area contributed by atoms with E-state index in [1.54, 1.807) is 0 Å². The quantitative estimate of drug-likeness (QED) is 0.854. The fraction of sp³-hybridized carbons (Fsp3) is 0.625. The Kier molecular flexibility index (Phi) is 3.63. The predicted octanol–water partition coefficient (Wildman–Crippen LogP) is 4.29. The van der Waals surface area contributed by atoms with Crippen molar-refractivity contribution in [2.45, 2.75) is 56.4 Å². The second kappa shape index (κ2) is 5.22. The molecule has 0 amide bonds. The summed E-state index contributed by atoms with van der Waals surface area (Å²) in [7, 11) is 0. The number of nitrogens with one attached hydrogen (secondary N) is 1. The molecular formula is C16H22ClN. The molecule has 3 rings (SSSR count). The molecule has 2 fully saturated rings. The van der Waals surface area contributed by atoms with Crippen LogP contribution in [0.2, 0.25) is 5.02 Å². The zero-order valence-corrected chi connectivity index (χ0v) is 11.7. The summed E-state index contributed by atoms with van der Waals surface area (Å²) < 4.78 is 0. The predicted molar refractivity (Wildman–Crippen MR) is 77.2 cm³/mol. The van der Waals surface area contributed by atoms with Gasteiger partial charge in [0.1, 0.15) is 0 Å². The van der Waals surface area contributed by atoms with E-state index in [1.165, 1.54) is 50.5 Å². The van der Waals surface area contributed by atoms with Crippen LogP contribution in [0.1, 0.15) is 50.5 Å². The Morgan fingerprint density at radius 2 is 1.83 bits per heavy atom. The van der Waals surface area contributed by atoms with Crippen LogP contribution in [0.5, 0.6) is 0 Å². The van der Waals surface area contributed by atoms with E-state index in [9.17, 15) is 0 Å². The van der Waals surface area contributed by atoms with Gasteiger partial charge >= 0.3 is 0 Å². The molecule has 18 heavy (non-hydrogen) atoms. The highest BCUT2D eigenvalue weighted by molar-refractivity contribution is 6.31. The Balaban J connectivity index is 1.85. The molecule has 1 N–H and O–H groups in total. The van der Waals surface area contributed by atoms with Crippen LogP contribution in [-0.4, -0.2) is 12.6 Å². The summed E-state index contributed by atoms with van der Waals surface area (Å²) in [6.45, 7) is 1.11. The van der Waals surface area contributed by atoms with Gasteiger partial charge in [0.15, 0.2) is 0 Å². The fourth-order valence-corrected chi connectivity index (χ4v) is 3.62. The molecule has 0 aromatic heterocycles. The van der Waals surface area contributed by atoms with E-state index in [-0.39, 0.29) is 0 Å². The molecular weight excluding hydrogens is 242 g/mol. The average Bonchev–Trinajstić information content (AvgIpc) is 3.22. The van der Waals surface area contributed by atoms with E-state index in [4.69, 9.17) is 11.6 Å². The van der Waals surface area contributed by atoms with Crippen LogP contribution in [-0.2, 0) is 5.41 Å². The molecule has 2 heteroatoms. The summed E-state index contributed by atoms with van der Waals surface area (Å²) in [5.41, 5.74) is 1.67. The number of hydrogen-bond acceptors (Lipinski definition) is 1. The highest BCUT2D eigenvalue weighted by atomic mass is 35.5. The van der Waals surface area contributed by atoms with Gasteiger partial charge in [0.2, 0.25) is 0 Å². The lowest BCUT2D eigenvalue weighted by Gasteiger charge is -2.39. The molecule has 1 aromatic carbocycles. The smallest absolute Gasteiger partial charge is 0.0444 e. The summed E-state index contributed by atoms with van der Waals surface area (Å²) in [5, 5.41) is 4.69. The lowest BCUT2D eigenvalue weighted by atomic mass is 9.69. The van der Waals surface area contributed by atoms with Crippen molar-refractivity contribution in [2.75, 3.05) is 6.54 Å². The summed E-state index contributed by atoms with van der Waals surface area (Å²) in [6, 6.07) is 9.24. The van der Waals surface area contributed by atoms with Crippen molar-refractivity contribution in [1.29, 1.82) is 0 Å². The van der Waals surface area contributed by atoms with Crippen molar-refractivity contribution in [1.82, 2.24) is 5.32 Å². The Labute approximate surface area is 115 Å². The second-order valence-corrected chi connectivity index (χ2v) is 6.38. The monoisotopic (exact) mass is 263 g/mol. The third-order valence-electron chi connectivity index (χ3n) is 4.56. The van der Waals surface area contributed by atoms with Gasteiger partial charge in [-0.05, 0) is 37.3 Å². The second-order valence-electron chi connectivity index (χ2n) is 5.98. The van der Waals surface area contributed by atoms with Gasteiger partial charge in [-0.15, -0.1) is 0 Å². The zero-order chi connectivity index (χ0) is 12.4. The van der Waals surface area contributed by atoms with Crippen molar-refractivity contribution < 1.29 is 0 Å². The molecule has 0 saturated heterocycles. The lowest BCUT2D eigenvalue weighted by molar-refractivity contribution is 0.279. The molecule has 98 valence electrons. The van der Waals surface area contributed by atoms with Gasteiger partial charge in [0.25, 0.3) is 0 Å². The van der Waals surface area contributed by atoms with Crippen LogP contribution < -0.4 is 5.32 Å². The molecule has 0 radical (unpaired) electrons. The Morgan fingerprint density at radius 1 is 1.11 bits per heavy atom. The minimum atomic E-state index is 0.291. The van der Waals surface area contributed by atoms with Crippen LogP contribution in [0.4, 0.5) is 0 Å². The number of benzene rings is 1. The first-order valence-electron chi connectivity index (χ1n) is 7.29. The zero-order valence-electron chi connectivity index (χ0n) is 10.9. The largest absolute Gasteiger partial charge is 0.313 e. The Bertz CT molecular complexity index is 405. The van der Waals surface area contributed by atoms with E-state index in [0.717, 1.165) is 17.6 Å². The van der Waals surface area contributed by atoms with Crippen LogP contribution >= 0.6 is 11.6 Å². The van der Waals surface area contributed by atoms with Crippen molar-refractivity contribution in [2.24, 2.45) is 0 Å². The SMILES string of the molecule is Clc1ccccc1C1(CNC2CC2)CCCCC1. The minimum Gasteiger partial charge on any atom is -0.313 e. The average molecular weight is 264 g/mol. The van der Waals surface area contributed by atoms with Crippen LogP contribution in [0, 0.1) is 0 Å². The van der Waals surface area contributed by atoms with Gasteiger partial charge in [-0.25, -0.2) is 0 Å². The lowest BCUT2D eigenvalue weighted by Crippen LogP contribution is -2.41. The third kappa shape index (κ3) is 2.57. The third-order valence-corrected chi connectivity index (χ3v) is 4.89. The van der Waals surface area contributed by atoms with Crippen molar-refractivity contribution in [3.05, 3.63) is 34.9 Å². The maximum absolute atomic E-state index is 6.45. The molecule has 0 atom stereocenters. The molecule has 0 aliphatic heterocycles. The van der Waals surface area contributed by atoms with E-state index < -0.39 is 0 Å². The van der Waals surface area contributed by atoms with Gasteiger partial charge in [-0.2, -0.15) is 0 Å². The maximum atomic E-state index is 6.45. The molecule has 0 heterocycles. The fourth-order valence-electron chi connectivity index (χ4n) is 3.29. The molecule has 0 unspecified atom stereocenters. The molecule has 0 bridgehead atoms. The molecule has 2 aliphatic rings. The first-order valence-corrected chi connectivity index (χ1v) is 7.66. The van der Waals surface area contributed by atoms with Crippen molar-refractivity contribution in [3.8, 4) is 0 Å². The summed E-state index contributed by atoms with van der Waals surface area (Å²) >= 11 is 6.45. The normalized spacial score (nSPS) is 22.9. The molecule has 1 aromatic rings. The number of rotatable bonds is 4. The Hall–Kier alpha value is -0.530. The highest BCUT2D eigenvalue weighted by Gasteiger charge is 2.36. The number of hydrogen-bond donors (Lipinski definition) is 1. The molecule has 2 aliphatic carbocycles. The molecule has 2 saturated carbocycles. The summed E-state index contributed by atoms with van der Waals surface area (Å²) in [5.74, 6) is 0. The van der Waals surface area contributed by atoms with E-state index in [1.807, 2.05) is 12.1 Å². The Morgan fingerprint density at radius 3 is 2.50 bits per heavy atom. The maximum Gasteiger partial charge on any atom is 0.0444 e. The van der Waals surface area contributed by atoms with Gasteiger partial charge in [-0.3, -0.25) is 0 Å².